The van der Waals surface area contributed by atoms with Crippen LogP contribution in [-0.2, 0) is 0 Å². The second-order valence-corrected chi connectivity index (χ2v) is 4.36. The van der Waals surface area contributed by atoms with E-state index >= 15 is 0 Å². The summed E-state index contributed by atoms with van der Waals surface area (Å²) in [7, 11) is 0. The number of nitro groups is 1. The van der Waals surface area contributed by atoms with Crippen LogP contribution in [0.4, 0.5) is 5.69 Å². The summed E-state index contributed by atoms with van der Waals surface area (Å²) in [5, 5.41) is 19.9. The molecule has 0 saturated heterocycles. The summed E-state index contributed by atoms with van der Waals surface area (Å²) in [4.78, 5) is 28.7. The summed E-state index contributed by atoms with van der Waals surface area (Å²) >= 11 is 3.07. The summed E-state index contributed by atoms with van der Waals surface area (Å²) in [5.41, 5.74) is -0.544. The van der Waals surface area contributed by atoms with Crippen molar-refractivity contribution in [2.45, 2.75) is 0 Å². The van der Waals surface area contributed by atoms with Crippen LogP contribution in [0.15, 0.2) is 35.3 Å². The largest absolute Gasteiger partial charge is 0.478 e. The van der Waals surface area contributed by atoms with E-state index < -0.39 is 10.9 Å². The zero-order chi connectivity index (χ0) is 14.7. The molecule has 0 aliphatic heterocycles. The van der Waals surface area contributed by atoms with E-state index in [1.165, 1.54) is 24.7 Å². The van der Waals surface area contributed by atoms with Crippen LogP contribution in [0, 0.1) is 10.1 Å². The van der Waals surface area contributed by atoms with Gasteiger partial charge in [0, 0.05) is 12.4 Å². The van der Waals surface area contributed by atoms with E-state index in [1.54, 1.807) is 0 Å². The van der Waals surface area contributed by atoms with E-state index in [0.717, 1.165) is 6.20 Å². The van der Waals surface area contributed by atoms with Crippen molar-refractivity contribution in [1.29, 1.82) is 0 Å². The maximum atomic E-state index is 11.0. The lowest BCUT2D eigenvalue weighted by Crippen LogP contribution is -2.02. The Kier molecular flexibility index (Phi) is 3.89. The Hall–Kier alpha value is -2.55. The number of carbonyl (C=O) groups is 1. The fourth-order valence-corrected chi connectivity index (χ4v) is 1.79. The minimum absolute atomic E-state index is 0.102. The average Bonchev–Trinajstić information content (AvgIpc) is 2.41. The van der Waals surface area contributed by atoms with Crippen LogP contribution in [0.2, 0.25) is 0 Å². The highest BCUT2D eigenvalue weighted by molar-refractivity contribution is 9.10. The summed E-state index contributed by atoms with van der Waals surface area (Å²) in [5.74, 6) is -1.47. The van der Waals surface area contributed by atoms with E-state index in [9.17, 15) is 14.9 Å². The highest BCUT2D eigenvalue weighted by Crippen LogP contribution is 2.37. The first-order valence-corrected chi connectivity index (χ1v) is 5.93. The third-order valence-corrected chi connectivity index (χ3v) is 2.82. The minimum Gasteiger partial charge on any atom is -0.478 e. The monoisotopic (exact) mass is 339 g/mol. The average molecular weight is 340 g/mol. The first-order chi connectivity index (χ1) is 9.50. The topological polar surface area (TPSA) is 115 Å². The Morgan fingerprint density at radius 2 is 2.10 bits per heavy atom. The fraction of sp³-hybridized carbons (Fsp3) is 0. The molecule has 2 rings (SSSR count). The molecule has 1 N–H and O–H groups in total. The van der Waals surface area contributed by atoms with Crippen LogP contribution in [0.1, 0.15) is 10.4 Å². The van der Waals surface area contributed by atoms with E-state index in [-0.39, 0.29) is 27.2 Å². The van der Waals surface area contributed by atoms with Gasteiger partial charge in [-0.25, -0.2) is 4.79 Å². The predicted molar refractivity (Wildman–Crippen MR) is 69.9 cm³/mol. The van der Waals surface area contributed by atoms with Crippen molar-refractivity contribution < 1.29 is 19.6 Å². The van der Waals surface area contributed by atoms with Gasteiger partial charge >= 0.3 is 11.7 Å². The molecule has 0 aromatic carbocycles. The number of hydrogen-bond donors (Lipinski definition) is 1. The SMILES string of the molecule is O=C(O)c1ccncc1Oc1c(Br)cncc1[N+](=O)[O-]. The van der Waals surface area contributed by atoms with Gasteiger partial charge in [0.05, 0.1) is 15.6 Å². The van der Waals surface area contributed by atoms with Crippen LogP contribution in [0.3, 0.4) is 0 Å². The standard InChI is InChI=1S/C11H6BrN3O5/c12-7-3-14-4-8(15(18)19)10(7)20-9-5-13-2-1-6(9)11(16)17/h1-5H,(H,16,17). The molecule has 0 fully saturated rings. The number of aromatic carboxylic acids is 1. The third kappa shape index (κ3) is 2.72. The van der Waals surface area contributed by atoms with Crippen LogP contribution >= 0.6 is 15.9 Å². The summed E-state index contributed by atoms with van der Waals surface area (Å²) in [6.45, 7) is 0. The third-order valence-electron chi connectivity index (χ3n) is 2.26. The van der Waals surface area contributed by atoms with Crippen LogP contribution in [0.25, 0.3) is 0 Å². The van der Waals surface area contributed by atoms with Crippen LogP contribution in [-0.4, -0.2) is 26.0 Å². The molecule has 0 spiro atoms. The van der Waals surface area contributed by atoms with E-state index in [1.807, 2.05) is 0 Å². The van der Waals surface area contributed by atoms with Gasteiger partial charge in [-0.2, -0.15) is 0 Å². The Morgan fingerprint density at radius 1 is 1.35 bits per heavy atom. The van der Waals surface area contributed by atoms with Gasteiger partial charge in [-0.3, -0.25) is 20.1 Å². The maximum absolute atomic E-state index is 11.0. The second-order valence-electron chi connectivity index (χ2n) is 3.51. The molecule has 0 aliphatic carbocycles. The molecule has 9 heteroatoms. The first kappa shape index (κ1) is 13.9. The van der Waals surface area contributed by atoms with Gasteiger partial charge in [-0.15, -0.1) is 0 Å². The summed E-state index contributed by atoms with van der Waals surface area (Å²) in [6, 6.07) is 1.23. The highest BCUT2D eigenvalue weighted by atomic mass is 79.9. The Labute approximate surface area is 120 Å². The lowest BCUT2D eigenvalue weighted by molar-refractivity contribution is -0.386. The number of pyridine rings is 2. The zero-order valence-corrected chi connectivity index (χ0v) is 11.3. The zero-order valence-electron chi connectivity index (χ0n) is 9.69. The van der Waals surface area contributed by atoms with E-state index in [0.29, 0.717) is 0 Å². The van der Waals surface area contributed by atoms with Crippen molar-refractivity contribution in [3.8, 4) is 11.5 Å². The van der Waals surface area contributed by atoms with Gasteiger partial charge in [0.15, 0.2) is 5.75 Å². The molecule has 0 bridgehead atoms. The molecule has 2 heterocycles. The van der Waals surface area contributed by atoms with Crippen molar-refractivity contribution in [2.75, 3.05) is 0 Å². The Balaban J connectivity index is 2.51. The van der Waals surface area contributed by atoms with Crippen LogP contribution < -0.4 is 4.74 Å². The highest BCUT2D eigenvalue weighted by Gasteiger charge is 2.22. The van der Waals surface area contributed by atoms with Gasteiger partial charge in [0.25, 0.3) is 0 Å². The molecule has 102 valence electrons. The quantitative estimate of drug-likeness (QED) is 0.672. The number of rotatable bonds is 4. The normalized spacial score (nSPS) is 10.1. The lowest BCUT2D eigenvalue weighted by Gasteiger charge is -2.09. The Bertz CT molecular complexity index is 692. The Morgan fingerprint density at radius 3 is 2.75 bits per heavy atom. The molecule has 0 saturated carbocycles. The summed E-state index contributed by atoms with van der Waals surface area (Å²) < 4.78 is 5.55. The number of ether oxygens (including phenoxy) is 1. The summed E-state index contributed by atoms with van der Waals surface area (Å²) in [6.07, 6.45) is 4.77. The van der Waals surface area contributed by atoms with E-state index in [4.69, 9.17) is 9.84 Å². The molecule has 2 aromatic rings. The van der Waals surface area contributed by atoms with Crippen molar-refractivity contribution in [1.82, 2.24) is 9.97 Å². The molecular formula is C11H6BrN3O5. The number of hydrogen-bond acceptors (Lipinski definition) is 6. The maximum Gasteiger partial charge on any atom is 0.339 e. The molecule has 20 heavy (non-hydrogen) atoms. The van der Waals surface area contributed by atoms with Gasteiger partial charge in [-0.05, 0) is 22.0 Å². The molecule has 0 aliphatic rings. The van der Waals surface area contributed by atoms with Gasteiger partial charge < -0.3 is 9.84 Å². The second kappa shape index (κ2) is 5.61. The van der Waals surface area contributed by atoms with Crippen molar-refractivity contribution >= 4 is 27.6 Å². The van der Waals surface area contributed by atoms with Crippen LogP contribution in [0.5, 0.6) is 11.5 Å². The molecule has 0 radical (unpaired) electrons. The van der Waals surface area contributed by atoms with Crippen molar-refractivity contribution in [3.63, 3.8) is 0 Å². The number of aromatic nitrogens is 2. The molecule has 2 aromatic heterocycles. The van der Waals surface area contributed by atoms with Gasteiger partial charge in [0.2, 0.25) is 5.75 Å². The molecule has 0 amide bonds. The molecule has 0 unspecified atom stereocenters. The van der Waals surface area contributed by atoms with Gasteiger partial charge in [-0.1, -0.05) is 0 Å². The van der Waals surface area contributed by atoms with E-state index in [2.05, 4.69) is 25.9 Å². The number of carboxylic acids is 1. The van der Waals surface area contributed by atoms with Crippen molar-refractivity contribution in [2.24, 2.45) is 0 Å². The number of halogens is 1. The van der Waals surface area contributed by atoms with Gasteiger partial charge in [0.1, 0.15) is 11.8 Å². The number of carboxylic acid groups (broad SMARTS) is 1. The lowest BCUT2D eigenvalue weighted by atomic mass is 10.2. The smallest absolute Gasteiger partial charge is 0.339 e. The molecule has 8 nitrogen and oxygen atoms in total. The number of nitrogens with zero attached hydrogens (tertiary/aromatic N) is 3. The van der Waals surface area contributed by atoms with Crippen molar-refractivity contribution in [3.05, 3.63) is 51.0 Å². The molecular weight excluding hydrogens is 334 g/mol. The predicted octanol–water partition coefficient (Wildman–Crippen LogP) is 2.64. The first-order valence-electron chi connectivity index (χ1n) is 5.13. The minimum atomic E-state index is -1.23. The fourth-order valence-electron chi connectivity index (χ4n) is 1.39. The molecule has 0 atom stereocenters.